The zero-order valence-electron chi connectivity index (χ0n) is 14.7. The predicted octanol–water partition coefficient (Wildman–Crippen LogP) is 4.38. The van der Waals surface area contributed by atoms with Crippen LogP contribution in [0.5, 0.6) is 0 Å². The molecule has 6 heteroatoms. The Morgan fingerprint density at radius 2 is 2.12 bits per heavy atom. The maximum absolute atomic E-state index is 12.7. The van der Waals surface area contributed by atoms with Crippen LogP contribution in [-0.2, 0) is 11.2 Å². The van der Waals surface area contributed by atoms with Gasteiger partial charge in [0.2, 0.25) is 5.91 Å². The van der Waals surface area contributed by atoms with E-state index < -0.39 is 0 Å². The highest BCUT2D eigenvalue weighted by molar-refractivity contribution is 8.00. The van der Waals surface area contributed by atoms with Crippen molar-refractivity contribution in [1.29, 1.82) is 0 Å². The lowest BCUT2D eigenvalue weighted by Crippen LogP contribution is -2.45. The van der Waals surface area contributed by atoms with Crippen LogP contribution in [0, 0.1) is 11.8 Å². The van der Waals surface area contributed by atoms with Crippen molar-refractivity contribution in [3.8, 4) is 0 Å². The minimum absolute atomic E-state index is 0.270. The molecule has 1 amide bonds. The molecule has 2 fully saturated rings. The largest absolute Gasteiger partial charge is 0.342 e. The summed E-state index contributed by atoms with van der Waals surface area (Å²) < 4.78 is 0. The van der Waals surface area contributed by atoms with Crippen molar-refractivity contribution in [2.75, 3.05) is 18.8 Å². The summed E-state index contributed by atoms with van der Waals surface area (Å²) in [5, 5.41) is 2.05. The standard InChI is InChI=1S/C19H25N3OS2/c1-2-15-9-16-18(20-12-21-19(16)25-15)24-11-17(23)22-8-7-13-5-3-4-6-14(13)10-22/h9,12-14H,2-8,10-11H2,1H3/t13-,14+/m0/s1. The topological polar surface area (TPSA) is 46.1 Å². The third-order valence-corrected chi connectivity index (χ3v) is 7.85. The molecule has 0 bridgehead atoms. The van der Waals surface area contributed by atoms with Gasteiger partial charge in [0.05, 0.1) is 5.75 Å². The number of fused-ring (bicyclic) bond motifs is 2. The molecule has 4 rings (SSSR count). The van der Waals surface area contributed by atoms with E-state index in [1.165, 1.54) is 37.0 Å². The molecule has 1 aliphatic heterocycles. The molecule has 0 N–H and O–H groups in total. The Hall–Kier alpha value is -1.14. The summed E-state index contributed by atoms with van der Waals surface area (Å²) in [5.41, 5.74) is 0. The quantitative estimate of drug-likeness (QED) is 0.587. The second kappa shape index (κ2) is 7.62. The van der Waals surface area contributed by atoms with Crippen LogP contribution >= 0.6 is 23.1 Å². The molecule has 2 aromatic rings. The first-order chi connectivity index (χ1) is 12.2. The number of carbonyl (C=O) groups excluding carboxylic acids is 1. The summed E-state index contributed by atoms with van der Waals surface area (Å²) in [6, 6.07) is 2.18. The molecule has 2 aromatic heterocycles. The number of likely N-dealkylation sites (tertiary alicyclic amines) is 1. The fraction of sp³-hybridized carbons (Fsp3) is 0.632. The smallest absolute Gasteiger partial charge is 0.232 e. The van der Waals surface area contributed by atoms with Crippen LogP contribution in [0.15, 0.2) is 17.4 Å². The molecule has 3 heterocycles. The molecule has 25 heavy (non-hydrogen) atoms. The van der Waals surface area contributed by atoms with Gasteiger partial charge in [-0.3, -0.25) is 4.79 Å². The lowest BCUT2D eigenvalue weighted by atomic mass is 9.75. The van der Waals surface area contributed by atoms with Crippen LogP contribution in [0.4, 0.5) is 0 Å². The fourth-order valence-electron chi connectivity index (χ4n) is 4.22. The van der Waals surface area contributed by atoms with Gasteiger partial charge in [0.1, 0.15) is 16.2 Å². The number of thiophene rings is 1. The van der Waals surface area contributed by atoms with E-state index in [1.54, 1.807) is 29.4 Å². The number of thioether (sulfide) groups is 1. The van der Waals surface area contributed by atoms with E-state index in [0.717, 1.165) is 46.6 Å². The van der Waals surface area contributed by atoms with Gasteiger partial charge in [0.15, 0.2) is 0 Å². The van der Waals surface area contributed by atoms with Gasteiger partial charge in [-0.25, -0.2) is 9.97 Å². The normalized spacial score (nSPS) is 23.6. The first-order valence-electron chi connectivity index (χ1n) is 9.38. The van der Waals surface area contributed by atoms with Crippen molar-refractivity contribution in [2.24, 2.45) is 11.8 Å². The number of nitrogens with zero attached hydrogens (tertiary/aromatic N) is 3. The molecule has 134 valence electrons. The predicted molar refractivity (Wildman–Crippen MR) is 104 cm³/mol. The monoisotopic (exact) mass is 375 g/mol. The first kappa shape index (κ1) is 17.3. The van der Waals surface area contributed by atoms with Crippen molar-refractivity contribution in [3.05, 3.63) is 17.3 Å². The van der Waals surface area contributed by atoms with Gasteiger partial charge in [0.25, 0.3) is 0 Å². The molecule has 1 saturated heterocycles. The molecule has 0 radical (unpaired) electrons. The van der Waals surface area contributed by atoms with Crippen LogP contribution in [0.1, 0.15) is 43.9 Å². The van der Waals surface area contributed by atoms with Crippen LogP contribution in [0.3, 0.4) is 0 Å². The SMILES string of the molecule is CCc1cc2c(SCC(=O)N3CC[C@@H]4CCCC[C@@H]4C3)ncnc2s1. The summed E-state index contributed by atoms with van der Waals surface area (Å²) in [4.78, 5) is 26.0. The Balaban J connectivity index is 1.39. The van der Waals surface area contributed by atoms with Crippen molar-refractivity contribution >= 4 is 39.2 Å². The van der Waals surface area contributed by atoms with Gasteiger partial charge >= 0.3 is 0 Å². The summed E-state index contributed by atoms with van der Waals surface area (Å²) in [6.07, 6.45) is 9.24. The van der Waals surface area contributed by atoms with E-state index in [-0.39, 0.29) is 5.91 Å². The fourth-order valence-corrected chi connectivity index (χ4v) is 6.10. The van der Waals surface area contributed by atoms with Crippen molar-refractivity contribution in [1.82, 2.24) is 14.9 Å². The van der Waals surface area contributed by atoms with Gasteiger partial charge in [-0.15, -0.1) is 11.3 Å². The molecule has 0 spiro atoms. The minimum Gasteiger partial charge on any atom is -0.342 e. The number of rotatable bonds is 4. The maximum Gasteiger partial charge on any atom is 0.232 e. The average Bonchev–Trinajstić information content (AvgIpc) is 3.09. The van der Waals surface area contributed by atoms with Gasteiger partial charge in [-0.1, -0.05) is 37.9 Å². The van der Waals surface area contributed by atoms with E-state index in [9.17, 15) is 4.79 Å². The molecule has 4 nitrogen and oxygen atoms in total. The Morgan fingerprint density at radius 3 is 2.96 bits per heavy atom. The Morgan fingerprint density at radius 1 is 1.28 bits per heavy atom. The van der Waals surface area contributed by atoms with Crippen molar-refractivity contribution in [2.45, 2.75) is 50.5 Å². The Bertz CT molecular complexity index is 760. The molecular weight excluding hydrogens is 350 g/mol. The highest BCUT2D eigenvalue weighted by Crippen LogP contribution is 2.36. The van der Waals surface area contributed by atoms with E-state index in [0.29, 0.717) is 5.75 Å². The van der Waals surface area contributed by atoms with Crippen LogP contribution in [0.25, 0.3) is 10.2 Å². The lowest BCUT2D eigenvalue weighted by molar-refractivity contribution is -0.131. The third-order valence-electron chi connectivity index (χ3n) is 5.67. The van der Waals surface area contributed by atoms with E-state index in [4.69, 9.17) is 0 Å². The number of hydrogen-bond donors (Lipinski definition) is 0. The van der Waals surface area contributed by atoms with Crippen LogP contribution < -0.4 is 0 Å². The van der Waals surface area contributed by atoms with E-state index in [2.05, 4.69) is 27.9 Å². The average molecular weight is 376 g/mol. The molecule has 2 aliphatic rings. The molecular formula is C19H25N3OS2. The highest BCUT2D eigenvalue weighted by atomic mass is 32.2. The van der Waals surface area contributed by atoms with Crippen LogP contribution in [-0.4, -0.2) is 39.6 Å². The van der Waals surface area contributed by atoms with Gasteiger partial charge in [-0.05, 0) is 37.2 Å². The first-order valence-corrected chi connectivity index (χ1v) is 11.2. The molecule has 0 unspecified atom stereocenters. The van der Waals surface area contributed by atoms with Gasteiger partial charge in [0, 0.05) is 23.4 Å². The second-order valence-electron chi connectivity index (χ2n) is 7.19. The summed E-state index contributed by atoms with van der Waals surface area (Å²) >= 11 is 3.30. The number of hydrogen-bond acceptors (Lipinski definition) is 5. The highest BCUT2D eigenvalue weighted by Gasteiger charge is 2.32. The van der Waals surface area contributed by atoms with E-state index >= 15 is 0 Å². The molecule has 1 aliphatic carbocycles. The molecule has 2 atom stereocenters. The third kappa shape index (κ3) is 3.70. The summed E-state index contributed by atoms with van der Waals surface area (Å²) in [5.74, 6) is 2.36. The molecule has 0 aromatic carbocycles. The van der Waals surface area contributed by atoms with Crippen molar-refractivity contribution in [3.63, 3.8) is 0 Å². The van der Waals surface area contributed by atoms with Crippen molar-refractivity contribution < 1.29 is 4.79 Å². The van der Waals surface area contributed by atoms with Gasteiger partial charge in [-0.2, -0.15) is 0 Å². The van der Waals surface area contributed by atoms with Crippen LogP contribution in [0.2, 0.25) is 0 Å². The number of carbonyl (C=O) groups is 1. The minimum atomic E-state index is 0.270. The lowest BCUT2D eigenvalue weighted by Gasteiger charge is -2.41. The number of aryl methyl sites for hydroxylation is 1. The number of aromatic nitrogens is 2. The summed E-state index contributed by atoms with van der Waals surface area (Å²) in [7, 11) is 0. The second-order valence-corrected chi connectivity index (χ2v) is 9.26. The zero-order chi connectivity index (χ0) is 17.2. The zero-order valence-corrected chi connectivity index (χ0v) is 16.4. The summed E-state index contributed by atoms with van der Waals surface area (Å²) in [6.45, 7) is 4.07. The van der Waals surface area contributed by atoms with E-state index in [1.807, 2.05) is 0 Å². The van der Waals surface area contributed by atoms with Gasteiger partial charge < -0.3 is 4.90 Å². The number of piperidine rings is 1. The Kier molecular flexibility index (Phi) is 5.27. The maximum atomic E-state index is 12.7. The molecule has 1 saturated carbocycles. The Labute approximate surface area is 157 Å². The number of amides is 1.